The Balaban J connectivity index is 2.35. The molecule has 0 radical (unpaired) electrons. The van der Waals surface area contributed by atoms with E-state index in [1.807, 2.05) is 13.0 Å². The number of hydrogen-bond acceptors (Lipinski definition) is 3. The predicted molar refractivity (Wildman–Crippen MR) is 69.9 cm³/mol. The molecule has 2 N–H and O–H groups in total. The Hall–Kier alpha value is -1.53. The molecule has 1 saturated heterocycles. The molecule has 2 rings (SSSR count). The number of piperidine rings is 1. The molecule has 0 amide bonds. The van der Waals surface area contributed by atoms with Crippen LogP contribution in [0.5, 0.6) is 0 Å². The van der Waals surface area contributed by atoms with Crippen molar-refractivity contribution < 1.29 is 0 Å². The van der Waals surface area contributed by atoms with E-state index < -0.39 is 0 Å². The van der Waals surface area contributed by atoms with Crippen molar-refractivity contribution in [2.45, 2.75) is 32.2 Å². The highest BCUT2D eigenvalue weighted by Gasteiger charge is 2.23. The summed E-state index contributed by atoms with van der Waals surface area (Å²) in [6.45, 7) is 3.69. The second-order valence-corrected chi connectivity index (χ2v) is 4.71. The van der Waals surface area contributed by atoms with Crippen molar-refractivity contribution in [1.29, 1.82) is 5.26 Å². The van der Waals surface area contributed by atoms with Crippen molar-refractivity contribution in [2.24, 2.45) is 5.73 Å². The van der Waals surface area contributed by atoms with Gasteiger partial charge in [-0.15, -0.1) is 0 Å². The van der Waals surface area contributed by atoms with Gasteiger partial charge in [0.1, 0.15) is 6.07 Å². The Morgan fingerprint density at radius 1 is 1.47 bits per heavy atom. The molecule has 1 aromatic rings. The zero-order valence-electron chi connectivity index (χ0n) is 10.3. The summed E-state index contributed by atoms with van der Waals surface area (Å²) in [6, 6.07) is 8.76. The first kappa shape index (κ1) is 11.9. The largest absolute Gasteiger partial charge is 0.366 e. The highest BCUT2D eigenvalue weighted by Crippen LogP contribution is 2.27. The first-order valence-electron chi connectivity index (χ1n) is 6.23. The summed E-state index contributed by atoms with van der Waals surface area (Å²) in [7, 11) is 0. The average molecular weight is 229 g/mol. The van der Waals surface area contributed by atoms with Crippen molar-refractivity contribution >= 4 is 5.69 Å². The quantitative estimate of drug-likeness (QED) is 0.845. The number of aryl methyl sites for hydroxylation is 1. The van der Waals surface area contributed by atoms with Crippen molar-refractivity contribution in [3.63, 3.8) is 0 Å². The van der Waals surface area contributed by atoms with Crippen LogP contribution < -0.4 is 10.6 Å². The molecule has 0 spiro atoms. The molecule has 3 nitrogen and oxygen atoms in total. The van der Waals surface area contributed by atoms with Crippen LogP contribution in [0.15, 0.2) is 18.2 Å². The lowest BCUT2D eigenvalue weighted by molar-refractivity contribution is 0.465. The maximum absolute atomic E-state index is 9.22. The van der Waals surface area contributed by atoms with Crippen LogP contribution in [0.1, 0.15) is 30.4 Å². The highest BCUT2D eigenvalue weighted by atomic mass is 15.2. The van der Waals surface area contributed by atoms with Crippen LogP contribution in [0.3, 0.4) is 0 Å². The number of benzene rings is 1. The zero-order valence-corrected chi connectivity index (χ0v) is 10.3. The van der Waals surface area contributed by atoms with Gasteiger partial charge in [-0.05, 0) is 43.9 Å². The Morgan fingerprint density at radius 2 is 2.29 bits per heavy atom. The monoisotopic (exact) mass is 229 g/mol. The van der Waals surface area contributed by atoms with Gasteiger partial charge in [-0.2, -0.15) is 5.26 Å². The van der Waals surface area contributed by atoms with E-state index in [1.165, 1.54) is 12.8 Å². The molecule has 1 heterocycles. The van der Waals surface area contributed by atoms with Gasteiger partial charge in [-0.3, -0.25) is 0 Å². The SMILES string of the molecule is Cc1ccc(N2CCCCC2CN)c(C#N)c1. The van der Waals surface area contributed by atoms with E-state index in [0.717, 1.165) is 29.8 Å². The fraction of sp³-hybridized carbons (Fsp3) is 0.500. The first-order chi connectivity index (χ1) is 8.26. The topological polar surface area (TPSA) is 53.0 Å². The van der Waals surface area contributed by atoms with Crippen LogP contribution in [-0.4, -0.2) is 19.1 Å². The molecule has 0 saturated carbocycles. The number of nitrogens with two attached hydrogens (primary N) is 1. The summed E-state index contributed by atoms with van der Waals surface area (Å²) in [6.07, 6.45) is 3.57. The van der Waals surface area contributed by atoms with E-state index >= 15 is 0 Å². The summed E-state index contributed by atoms with van der Waals surface area (Å²) >= 11 is 0. The second-order valence-electron chi connectivity index (χ2n) is 4.71. The van der Waals surface area contributed by atoms with E-state index in [1.54, 1.807) is 0 Å². The fourth-order valence-electron chi connectivity index (χ4n) is 2.55. The first-order valence-corrected chi connectivity index (χ1v) is 6.23. The molecule has 17 heavy (non-hydrogen) atoms. The molecule has 1 aromatic carbocycles. The number of anilines is 1. The number of hydrogen-bond donors (Lipinski definition) is 1. The minimum absolute atomic E-state index is 0.388. The predicted octanol–water partition coefficient (Wildman–Crippen LogP) is 2.18. The maximum Gasteiger partial charge on any atom is 0.101 e. The third-order valence-corrected chi connectivity index (χ3v) is 3.48. The molecule has 1 unspecified atom stereocenters. The van der Waals surface area contributed by atoms with Crippen molar-refractivity contribution in [1.82, 2.24) is 0 Å². The lowest BCUT2D eigenvalue weighted by atomic mass is 9.99. The van der Waals surface area contributed by atoms with E-state index in [2.05, 4.69) is 23.1 Å². The van der Waals surface area contributed by atoms with Gasteiger partial charge in [0, 0.05) is 19.1 Å². The highest BCUT2D eigenvalue weighted by molar-refractivity contribution is 5.61. The van der Waals surface area contributed by atoms with Gasteiger partial charge in [-0.1, -0.05) is 6.07 Å². The lowest BCUT2D eigenvalue weighted by Crippen LogP contribution is -2.44. The van der Waals surface area contributed by atoms with E-state index in [-0.39, 0.29) is 0 Å². The fourth-order valence-corrected chi connectivity index (χ4v) is 2.55. The molecule has 0 aromatic heterocycles. The molecule has 3 heteroatoms. The lowest BCUT2D eigenvalue weighted by Gasteiger charge is -2.37. The summed E-state index contributed by atoms with van der Waals surface area (Å²) in [5, 5.41) is 9.22. The Bertz CT molecular complexity index is 434. The van der Waals surface area contributed by atoms with Crippen LogP contribution in [-0.2, 0) is 0 Å². The summed E-state index contributed by atoms with van der Waals surface area (Å²) in [4.78, 5) is 2.31. The van der Waals surface area contributed by atoms with Crippen molar-refractivity contribution in [3.8, 4) is 6.07 Å². The molecule has 0 aliphatic carbocycles. The molecule has 90 valence electrons. The minimum atomic E-state index is 0.388. The van der Waals surface area contributed by atoms with Gasteiger partial charge < -0.3 is 10.6 Å². The molecule has 1 aliphatic rings. The number of nitriles is 1. The molecular weight excluding hydrogens is 210 g/mol. The van der Waals surface area contributed by atoms with Crippen LogP contribution in [0.25, 0.3) is 0 Å². The standard InChI is InChI=1S/C14H19N3/c1-11-5-6-14(12(8-11)9-15)17-7-3-2-4-13(17)10-16/h5-6,8,13H,2-4,7,10,16H2,1H3. The summed E-state index contributed by atoms with van der Waals surface area (Å²) < 4.78 is 0. The van der Waals surface area contributed by atoms with Crippen LogP contribution >= 0.6 is 0 Å². The smallest absolute Gasteiger partial charge is 0.101 e. The molecule has 1 fully saturated rings. The van der Waals surface area contributed by atoms with Gasteiger partial charge >= 0.3 is 0 Å². The molecule has 1 aliphatic heterocycles. The Morgan fingerprint density at radius 3 is 3.00 bits per heavy atom. The number of nitrogens with zero attached hydrogens (tertiary/aromatic N) is 2. The minimum Gasteiger partial charge on any atom is -0.366 e. The van der Waals surface area contributed by atoms with E-state index in [4.69, 9.17) is 5.73 Å². The van der Waals surface area contributed by atoms with Crippen LogP contribution in [0.2, 0.25) is 0 Å². The van der Waals surface area contributed by atoms with Crippen molar-refractivity contribution in [2.75, 3.05) is 18.0 Å². The van der Waals surface area contributed by atoms with Gasteiger partial charge in [0.05, 0.1) is 11.3 Å². The summed E-state index contributed by atoms with van der Waals surface area (Å²) in [5.74, 6) is 0. The Labute approximate surface area is 103 Å². The normalized spacial score (nSPS) is 20.1. The second kappa shape index (κ2) is 5.20. The molecule has 0 bridgehead atoms. The van der Waals surface area contributed by atoms with Gasteiger partial charge in [0.15, 0.2) is 0 Å². The third-order valence-electron chi connectivity index (χ3n) is 3.48. The third kappa shape index (κ3) is 2.42. The Kier molecular flexibility index (Phi) is 3.65. The van der Waals surface area contributed by atoms with E-state index in [9.17, 15) is 5.26 Å². The average Bonchev–Trinajstić information content (AvgIpc) is 2.38. The van der Waals surface area contributed by atoms with Crippen LogP contribution in [0, 0.1) is 18.3 Å². The van der Waals surface area contributed by atoms with Gasteiger partial charge in [-0.25, -0.2) is 0 Å². The zero-order chi connectivity index (χ0) is 12.3. The van der Waals surface area contributed by atoms with E-state index in [0.29, 0.717) is 12.6 Å². The summed E-state index contributed by atoms with van der Waals surface area (Å²) in [5.41, 5.74) is 8.78. The van der Waals surface area contributed by atoms with Crippen molar-refractivity contribution in [3.05, 3.63) is 29.3 Å². The van der Waals surface area contributed by atoms with Gasteiger partial charge in [0.2, 0.25) is 0 Å². The van der Waals surface area contributed by atoms with Crippen LogP contribution in [0.4, 0.5) is 5.69 Å². The maximum atomic E-state index is 9.22. The molecule has 1 atom stereocenters. The molecular formula is C14H19N3. The number of rotatable bonds is 2. The van der Waals surface area contributed by atoms with Gasteiger partial charge in [0.25, 0.3) is 0 Å².